The van der Waals surface area contributed by atoms with Gasteiger partial charge in [-0.3, -0.25) is 4.79 Å². The van der Waals surface area contributed by atoms with Gasteiger partial charge in [0, 0.05) is 6.42 Å². The van der Waals surface area contributed by atoms with Crippen LogP contribution < -0.4 is 11.5 Å². The number of carbonyl (C=O) groups is 1. The molecule has 0 radical (unpaired) electrons. The third-order valence-electron chi connectivity index (χ3n) is 2.25. The Labute approximate surface area is 60.8 Å². The van der Waals surface area contributed by atoms with Gasteiger partial charge < -0.3 is 11.5 Å². The lowest BCUT2D eigenvalue weighted by Crippen LogP contribution is -2.67. The highest BCUT2D eigenvalue weighted by Gasteiger charge is 2.40. The number of amides is 1. The molecule has 1 amide bonds. The first-order chi connectivity index (χ1) is 4.53. The van der Waals surface area contributed by atoms with Crippen LogP contribution in [0.3, 0.4) is 0 Å². The average Bonchev–Trinajstić information content (AvgIpc) is 2.47. The number of hydrogen-bond acceptors (Lipinski definition) is 1. The van der Waals surface area contributed by atoms with E-state index in [4.69, 9.17) is 5.73 Å². The normalized spacial score (nSPS) is 23.8. The number of carbonyl (C=O) groups excluding carboxylic acids is 1. The molecule has 5 N–H and O–H groups in total. The molecule has 0 spiro atoms. The molecule has 0 aromatic heterocycles. The van der Waals surface area contributed by atoms with Crippen LogP contribution in [0.15, 0.2) is 0 Å². The van der Waals surface area contributed by atoms with Crippen molar-refractivity contribution in [1.29, 1.82) is 0 Å². The summed E-state index contributed by atoms with van der Waals surface area (Å²) in [6.07, 6.45) is 3.32. The SMILES string of the molecule is CC1(CC([NH3+])C(N)=O)CC1. The zero-order chi connectivity index (χ0) is 7.78. The fraction of sp³-hybridized carbons (Fsp3) is 0.857. The highest BCUT2D eigenvalue weighted by atomic mass is 16.1. The van der Waals surface area contributed by atoms with Crippen LogP contribution in [0.1, 0.15) is 26.2 Å². The zero-order valence-corrected chi connectivity index (χ0v) is 6.39. The molecule has 0 aliphatic heterocycles. The van der Waals surface area contributed by atoms with Crippen molar-refractivity contribution in [3.8, 4) is 0 Å². The topological polar surface area (TPSA) is 70.7 Å². The maximum atomic E-state index is 10.6. The van der Waals surface area contributed by atoms with E-state index in [1.54, 1.807) is 0 Å². The molecule has 0 heterocycles. The van der Waals surface area contributed by atoms with Crippen LogP contribution >= 0.6 is 0 Å². The van der Waals surface area contributed by atoms with Crippen LogP contribution in [0.25, 0.3) is 0 Å². The second-order valence-corrected chi connectivity index (χ2v) is 3.61. The Hall–Kier alpha value is -0.570. The molecule has 1 unspecified atom stereocenters. The van der Waals surface area contributed by atoms with E-state index in [2.05, 4.69) is 12.7 Å². The number of quaternary nitrogens is 1. The van der Waals surface area contributed by atoms with Crippen molar-refractivity contribution < 1.29 is 10.5 Å². The van der Waals surface area contributed by atoms with Gasteiger partial charge in [0.1, 0.15) is 0 Å². The lowest BCUT2D eigenvalue weighted by molar-refractivity contribution is -0.406. The van der Waals surface area contributed by atoms with Crippen LogP contribution in [0.5, 0.6) is 0 Å². The summed E-state index contributed by atoms with van der Waals surface area (Å²) in [5.41, 5.74) is 9.15. The van der Waals surface area contributed by atoms with E-state index >= 15 is 0 Å². The molecule has 0 aromatic carbocycles. The van der Waals surface area contributed by atoms with Gasteiger partial charge in [-0.25, -0.2) is 0 Å². The number of primary amides is 1. The van der Waals surface area contributed by atoms with Gasteiger partial charge in [-0.1, -0.05) is 6.92 Å². The lowest BCUT2D eigenvalue weighted by atomic mass is 10.00. The Kier molecular flexibility index (Phi) is 1.68. The minimum atomic E-state index is -0.270. The van der Waals surface area contributed by atoms with E-state index in [1.807, 2.05) is 0 Å². The van der Waals surface area contributed by atoms with E-state index in [9.17, 15) is 4.79 Å². The molecule has 58 valence electrons. The Morgan fingerprint density at radius 3 is 2.60 bits per heavy atom. The fourth-order valence-corrected chi connectivity index (χ4v) is 1.11. The third-order valence-corrected chi connectivity index (χ3v) is 2.25. The van der Waals surface area contributed by atoms with Crippen molar-refractivity contribution in [3.63, 3.8) is 0 Å². The van der Waals surface area contributed by atoms with E-state index in [1.165, 1.54) is 12.8 Å². The predicted octanol–water partition coefficient (Wildman–Crippen LogP) is -0.728. The summed E-state index contributed by atoms with van der Waals surface area (Å²) in [4.78, 5) is 10.6. The van der Waals surface area contributed by atoms with Crippen LogP contribution in [-0.4, -0.2) is 11.9 Å². The minimum absolute atomic E-state index is 0.188. The smallest absolute Gasteiger partial charge is 0.275 e. The molecule has 1 saturated carbocycles. The highest BCUT2D eigenvalue weighted by Crippen LogP contribution is 2.48. The van der Waals surface area contributed by atoms with Gasteiger partial charge in [-0.05, 0) is 18.3 Å². The number of nitrogens with two attached hydrogens (primary N) is 1. The van der Waals surface area contributed by atoms with Crippen molar-refractivity contribution in [2.24, 2.45) is 11.1 Å². The first-order valence-electron chi connectivity index (χ1n) is 3.66. The molecule has 0 saturated heterocycles. The van der Waals surface area contributed by atoms with Crippen LogP contribution in [0.4, 0.5) is 0 Å². The fourth-order valence-electron chi connectivity index (χ4n) is 1.11. The molecule has 1 aliphatic rings. The molecule has 1 aliphatic carbocycles. The van der Waals surface area contributed by atoms with E-state index in [0.29, 0.717) is 5.41 Å². The largest absolute Gasteiger partial charge is 0.365 e. The van der Waals surface area contributed by atoms with Crippen LogP contribution in [0, 0.1) is 5.41 Å². The Balaban J connectivity index is 2.31. The van der Waals surface area contributed by atoms with Crippen molar-refractivity contribution in [1.82, 2.24) is 0 Å². The number of rotatable bonds is 3. The second-order valence-electron chi connectivity index (χ2n) is 3.61. The summed E-state index contributed by atoms with van der Waals surface area (Å²) in [5, 5.41) is 0. The van der Waals surface area contributed by atoms with Gasteiger partial charge in [-0.2, -0.15) is 0 Å². The summed E-state index contributed by atoms with van der Waals surface area (Å²) in [7, 11) is 0. The van der Waals surface area contributed by atoms with Crippen LogP contribution in [-0.2, 0) is 4.79 Å². The molecule has 3 heteroatoms. The monoisotopic (exact) mass is 143 g/mol. The summed E-state index contributed by atoms with van der Waals surface area (Å²) in [6.45, 7) is 2.17. The standard InChI is InChI=1S/C7H14N2O/c1-7(2-3-7)4-5(8)6(9)10/h5H,2-4,8H2,1H3,(H2,9,10)/p+1. The molecular formula is C7H15N2O+. The van der Waals surface area contributed by atoms with E-state index in [0.717, 1.165) is 6.42 Å². The maximum absolute atomic E-state index is 10.6. The molecule has 1 fully saturated rings. The summed E-state index contributed by atoms with van der Waals surface area (Å²) in [5.74, 6) is -0.270. The molecule has 1 atom stereocenters. The van der Waals surface area contributed by atoms with Crippen molar-refractivity contribution >= 4 is 5.91 Å². The molecule has 10 heavy (non-hydrogen) atoms. The maximum Gasteiger partial charge on any atom is 0.275 e. The van der Waals surface area contributed by atoms with Gasteiger partial charge in [0.25, 0.3) is 5.91 Å². The Morgan fingerprint density at radius 2 is 2.30 bits per heavy atom. The zero-order valence-electron chi connectivity index (χ0n) is 6.39. The first-order valence-corrected chi connectivity index (χ1v) is 3.66. The summed E-state index contributed by atoms with van der Waals surface area (Å²) in [6, 6.07) is -0.188. The minimum Gasteiger partial charge on any atom is -0.365 e. The first kappa shape index (κ1) is 7.54. The van der Waals surface area contributed by atoms with Crippen molar-refractivity contribution in [2.75, 3.05) is 0 Å². The molecular weight excluding hydrogens is 128 g/mol. The molecule has 0 aromatic rings. The Morgan fingerprint density at radius 1 is 1.80 bits per heavy atom. The van der Waals surface area contributed by atoms with Crippen LogP contribution in [0.2, 0.25) is 0 Å². The quantitative estimate of drug-likeness (QED) is 0.537. The third kappa shape index (κ3) is 1.70. The van der Waals surface area contributed by atoms with E-state index < -0.39 is 0 Å². The average molecular weight is 143 g/mol. The van der Waals surface area contributed by atoms with Crippen molar-refractivity contribution in [3.05, 3.63) is 0 Å². The summed E-state index contributed by atoms with van der Waals surface area (Å²) < 4.78 is 0. The van der Waals surface area contributed by atoms with Gasteiger partial charge in [-0.15, -0.1) is 0 Å². The second kappa shape index (κ2) is 2.23. The van der Waals surface area contributed by atoms with Gasteiger partial charge >= 0.3 is 0 Å². The van der Waals surface area contributed by atoms with E-state index in [-0.39, 0.29) is 11.9 Å². The number of hydrogen-bond donors (Lipinski definition) is 2. The van der Waals surface area contributed by atoms with Gasteiger partial charge in [0.2, 0.25) is 0 Å². The molecule has 1 rings (SSSR count). The Bertz CT molecular complexity index is 152. The molecule has 3 nitrogen and oxygen atoms in total. The highest BCUT2D eigenvalue weighted by molar-refractivity contribution is 5.78. The van der Waals surface area contributed by atoms with Crippen molar-refractivity contribution in [2.45, 2.75) is 32.2 Å². The lowest BCUT2D eigenvalue weighted by Gasteiger charge is -2.08. The van der Waals surface area contributed by atoms with Gasteiger partial charge in [0.15, 0.2) is 6.04 Å². The van der Waals surface area contributed by atoms with Gasteiger partial charge in [0.05, 0.1) is 0 Å². The predicted molar refractivity (Wildman–Crippen MR) is 37.8 cm³/mol. The molecule has 0 bridgehead atoms. The summed E-state index contributed by atoms with van der Waals surface area (Å²) >= 11 is 0.